The number of carbonyl (C=O) groups excluding carboxylic acids is 1. The Labute approximate surface area is 132 Å². The first-order chi connectivity index (χ1) is 9.84. The molecular weight excluding hydrogens is 262 g/mol. The van der Waals surface area contributed by atoms with Crippen LogP contribution in [0, 0.1) is 5.92 Å². The van der Waals surface area contributed by atoms with Crippen LogP contribution in [0.4, 0.5) is 4.79 Å². The largest absolute Gasteiger partial charge is 0.444 e. The van der Waals surface area contributed by atoms with E-state index < -0.39 is 5.60 Å². The van der Waals surface area contributed by atoms with E-state index in [1.807, 2.05) is 39.5 Å². The lowest BCUT2D eigenvalue weighted by molar-refractivity contribution is 0.0118. The molecule has 1 aliphatic rings. The van der Waals surface area contributed by atoms with Gasteiger partial charge in [-0.3, -0.25) is 0 Å². The average Bonchev–Trinajstić information content (AvgIpc) is 2.77. The molecule has 0 aromatic carbocycles. The first-order valence-corrected chi connectivity index (χ1v) is 8.85. The number of carbonyl (C=O) groups is 1. The Morgan fingerprint density at radius 2 is 1.71 bits per heavy atom. The molecule has 0 bridgehead atoms. The van der Waals surface area contributed by atoms with Crippen LogP contribution in [0.1, 0.15) is 87.5 Å². The zero-order valence-electron chi connectivity index (χ0n) is 15.5. The number of amides is 1. The van der Waals surface area contributed by atoms with Gasteiger partial charge in [0.2, 0.25) is 0 Å². The van der Waals surface area contributed by atoms with Gasteiger partial charge in [0.25, 0.3) is 0 Å². The molecule has 0 spiro atoms. The fourth-order valence-electron chi connectivity index (χ4n) is 3.28. The molecule has 0 aliphatic carbocycles. The second-order valence-corrected chi connectivity index (χ2v) is 6.71. The Balaban J connectivity index is 0.00000191. The number of hydrogen-bond acceptors (Lipinski definition) is 2. The van der Waals surface area contributed by atoms with Crippen molar-refractivity contribution in [3.63, 3.8) is 0 Å². The fourth-order valence-corrected chi connectivity index (χ4v) is 3.28. The van der Waals surface area contributed by atoms with E-state index in [1.165, 1.54) is 0 Å². The van der Waals surface area contributed by atoms with Crippen molar-refractivity contribution in [1.82, 2.24) is 4.90 Å². The number of likely N-dealkylation sites (tertiary alicyclic amines) is 1. The number of hydrogen-bond donors (Lipinski definition) is 0. The summed E-state index contributed by atoms with van der Waals surface area (Å²) in [7, 11) is 0. The highest BCUT2D eigenvalue weighted by molar-refractivity contribution is 5.69. The smallest absolute Gasteiger partial charge is 0.410 e. The van der Waals surface area contributed by atoms with Crippen LogP contribution in [0.3, 0.4) is 0 Å². The number of rotatable bonds is 4. The van der Waals surface area contributed by atoms with E-state index in [-0.39, 0.29) is 6.09 Å². The van der Waals surface area contributed by atoms with E-state index >= 15 is 0 Å². The lowest BCUT2D eigenvalue weighted by Gasteiger charge is -2.33. The van der Waals surface area contributed by atoms with Crippen LogP contribution in [-0.4, -0.2) is 28.7 Å². The van der Waals surface area contributed by atoms with Gasteiger partial charge in [0.05, 0.1) is 0 Å². The minimum absolute atomic E-state index is 0.117. The number of ether oxygens (including phenoxy) is 1. The monoisotopic (exact) mass is 299 g/mol. The van der Waals surface area contributed by atoms with Crippen molar-refractivity contribution in [3.8, 4) is 0 Å². The average molecular weight is 299 g/mol. The molecule has 1 amide bonds. The van der Waals surface area contributed by atoms with E-state index in [0.29, 0.717) is 18.0 Å². The standard InChI is InChI=1S/C16H31NO2.C2H6/c1-7-10-13-11-12(8-2)14(9-3)17(13)15(18)19-16(4,5)6;1-2/h12-14H,7-11H2,1-6H3;1-2H3/t12?,13-,14?;/m1./s1. The highest BCUT2D eigenvalue weighted by Crippen LogP contribution is 2.36. The van der Waals surface area contributed by atoms with E-state index in [2.05, 4.69) is 20.8 Å². The van der Waals surface area contributed by atoms with Gasteiger partial charge >= 0.3 is 6.09 Å². The molecule has 0 aromatic rings. The van der Waals surface area contributed by atoms with Crippen LogP contribution < -0.4 is 0 Å². The molecule has 1 heterocycles. The molecule has 1 fully saturated rings. The van der Waals surface area contributed by atoms with Crippen LogP contribution >= 0.6 is 0 Å². The van der Waals surface area contributed by atoms with Crippen LogP contribution in [-0.2, 0) is 4.74 Å². The molecule has 3 atom stereocenters. The third-order valence-corrected chi connectivity index (χ3v) is 4.04. The molecular formula is C18H37NO2. The third kappa shape index (κ3) is 5.88. The summed E-state index contributed by atoms with van der Waals surface area (Å²) in [5, 5.41) is 0. The van der Waals surface area contributed by atoms with E-state index in [4.69, 9.17) is 4.74 Å². The molecule has 1 saturated heterocycles. The summed E-state index contributed by atoms with van der Waals surface area (Å²) in [6, 6.07) is 0.728. The van der Waals surface area contributed by atoms with Gasteiger partial charge in [0.15, 0.2) is 0 Å². The molecule has 1 rings (SSSR count). The van der Waals surface area contributed by atoms with Crippen LogP contribution in [0.25, 0.3) is 0 Å². The van der Waals surface area contributed by atoms with Crippen molar-refractivity contribution >= 4 is 6.09 Å². The molecule has 0 saturated carbocycles. The summed E-state index contributed by atoms with van der Waals surface area (Å²) in [5.74, 6) is 0.633. The second-order valence-electron chi connectivity index (χ2n) is 6.71. The van der Waals surface area contributed by atoms with Crippen LogP contribution in [0.5, 0.6) is 0 Å². The van der Waals surface area contributed by atoms with E-state index in [0.717, 1.165) is 32.1 Å². The molecule has 126 valence electrons. The Morgan fingerprint density at radius 1 is 1.14 bits per heavy atom. The summed E-state index contributed by atoms with van der Waals surface area (Å²) in [5.41, 5.74) is -0.406. The fraction of sp³-hybridized carbons (Fsp3) is 0.944. The molecule has 2 unspecified atom stereocenters. The summed E-state index contributed by atoms with van der Waals surface area (Å²) in [4.78, 5) is 14.5. The molecule has 3 nitrogen and oxygen atoms in total. The quantitative estimate of drug-likeness (QED) is 0.673. The lowest BCUT2D eigenvalue weighted by Crippen LogP contribution is -2.45. The van der Waals surface area contributed by atoms with Gasteiger partial charge in [-0.25, -0.2) is 4.79 Å². The van der Waals surface area contributed by atoms with Gasteiger partial charge in [0, 0.05) is 12.1 Å². The van der Waals surface area contributed by atoms with Crippen molar-refractivity contribution in [2.75, 3.05) is 0 Å². The molecule has 21 heavy (non-hydrogen) atoms. The summed E-state index contributed by atoms with van der Waals surface area (Å²) < 4.78 is 5.61. The van der Waals surface area contributed by atoms with Crippen molar-refractivity contribution < 1.29 is 9.53 Å². The topological polar surface area (TPSA) is 29.5 Å². The highest BCUT2D eigenvalue weighted by Gasteiger charge is 2.42. The van der Waals surface area contributed by atoms with Crippen molar-refractivity contribution in [3.05, 3.63) is 0 Å². The predicted molar refractivity (Wildman–Crippen MR) is 90.6 cm³/mol. The molecule has 0 aromatic heterocycles. The van der Waals surface area contributed by atoms with Crippen molar-refractivity contribution in [1.29, 1.82) is 0 Å². The van der Waals surface area contributed by atoms with Gasteiger partial charge in [0.1, 0.15) is 5.60 Å². The first-order valence-electron chi connectivity index (χ1n) is 8.85. The van der Waals surface area contributed by atoms with E-state index in [1.54, 1.807) is 0 Å². The Hall–Kier alpha value is -0.730. The Kier molecular flexibility index (Phi) is 9.00. The Bertz CT molecular complexity index is 296. The predicted octanol–water partition coefficient (Wildman–Crippen LogP) is 5.63. The zero-order chi connectivity index (χ0) is 16.6. The summed E-state index contributed by atoms with van der Waals surface area (Å²) in [6.07, 6.45) is 5.41. The normalized spacial score (nSPS) is 25.3. The molecule has 1 aliphatic heterocycles. The van der Waals surface area contributed by atoms with Crippen molar-refractivity contribution in [2.24, 2.45) is 5.92 Å². The minimum atomic E-state index is -0.406. The van der Waals surface area contributed by atoms with Gasteiger partial charge in [-0.05, 0) is 46.0 Å². The summed E-state index contributed by atoms with van der Waals surface area (Å²) in [6.45, 7) is 16.4. The highest BCUT2D eigenvalue weighted by atomic mass is 16.6. The maximum absolute atomic E-state index is 12.5. The Morgan fingerprint density at radius 3 is 2.10 bits per heavy atom. The molecule has 0 N–H and O–H groups in total. The van der Waals surface area contributed by atoms with Gasteiger partial charge in [-0.2, -0.15) is 0 Å². The molecule has 3 heteroatoms. The van der Waals surface area contributed by atoms with Gasteiger partial charge in [-0.15, -0.1) is 0 Å². The van der Waals surface area contributed by atoms with E-state index in [9.17, 15) is 4.79 Å². The summed E-state index contributed by atoms with van der Waals surface area (Å²) >= 11 is 0. The SMILES string of the molecule is CC.CCC[C@@H]1CC(CC)C(CC)N1C(=O)OC(C)(C)C. The molecule has 0 radical (unpaired) electrons. The third-order valence-electron chi connectivity index (χ3n) is 4.04. The maximum Gasteiger partial charge on any atom is 0.410 e. The van der Waals surface area contributed by atoms with Crippen LogP contribution in [0.2, 0.25) is 0 Å². The lowest BCUT2D eigenvalue weighted by atomic mass is 9.94. The minimum Gasteiger partial charge on any atom is -0.444 e. The van der Waals surface area contributed by atoms with Gasteiger partial charge < -0.3 is 9.64 Å². The van der Waals surface area contributed by atoms with Crippen molar-refractivity contribution in [2.45, 2.75) is 105 Å². The van der Waals surface area contributed by atoms with Gasteiger partial charge in [-0.1, -0.05) is 47.5 Å². The second kappa shape index (κ2) is 9.32. The first kappa shape index (κ1) is 20.3. The zero-order valence-corrected chi connectivity index (χ0v) is 15.5. The number of nitrogens with zero attached hydrogens (tertiary/aromatic N) is 1. The van der Waals surface area contributed by atoms with Crippen LogP contribution in [0.15, 0.2) is 0 Å². The maximum atomic E-state index is 12.5.